The third-order valence-corrected chi connectivity index (χ3v) is 3.16. The normalized spacial score (nSPS) is 11.4. The van der Waals surface area contributed by atoms with Gasteiger partial charge in [0.05, 0.1) is 10.0 Å². The molecule has 0 bridgehead atoms. The van der Waals surface area contributed by atoms with Gasteiger partial charge in [-0.25, -0.2) is 4.39 Å². The third kappa shape index (κ3) is 3.72. The van der Waals surface area contributed by atoms with Gasteiger partial charge >= 0.3 is 6.18 Å². The summed E-state index contributed by atoms with van der Waals surface area (Å²) < 4.78 is 56.2. The molecule has 0 unspecified atom stereocenters. The van der Waals surface area contributed by atoms with E-state index in [1.54, 1.807) is 0 Å². The lowest BCUT2D eigenvalue weighted by Gasteiger charge is -2.10. The van der Waals surface area contributed by atoms with Gasteiger partial charge in [0.25, 0.3) is 0 Å². The molecule has 6 heteroatoms. The maximum absolute atomic E-state index is 13.0. The molecule has 0 aliphatic heterocycles. The van der Waals surface area contributed by atoms with Crippen LogP contribution in [0.3, 0.4) is 0 Å². The van der Waals surface area contributed by atoms with Crippen molar-refractivity contribution < 1.29 is 22.3 Å². The lowest BCUT2D eigenvalue weighted by atomic mass is 10.2. The van der Waals surface area contributed by atoms with E-state index in [1.165, 1.54) is 30.3 Å². The van der Waals surface area contributed by atoms with Gasteiger partial charge in [0.2, 0.25) is 0 Å². The number of alkyl halides is 3. The van der Waals surface area contributed by atoms with Crippen LogP contribution in [0.15, 0.2) is 46.9 Å². The van der Waals surface area contributed by atoms with E-state index in [2.05, 4.69) is 15.9 Å². The Bertz CT molecular complexity index is 610. The van der Waals surface area contributed by atoms with Crippen molar-refractivity contribution in [2.75, 3.05) is 0 Å². The molecule has 0 amide bonds. The second-order valence-corrected chi connectivity index (χ2v) is 4.92. The number of rotatable bonds is 3. The van der Waals surface area contributed by atoms with E-state index in [0.717, 1.165) is 12.1 Å². The zero-order valence-electron chi connectivity index (χ0n) is 10.0. The largest absolute Gasteiger partial charge is 0.489 e. The summed E-state index contributed by atoms with van der Waals surface area (Å²) in [6.07, 6.45) is -4.40. The minimum atomic E-state index is -4.40. The van der Waals surface area contributed by atoms with Crippen molar-refractivity contribution in [2.24, 2.45) is 0 Å². The van der Waals surface area contributed by atoms with E-state index < -0.39 is 17.6 Å². The van der Waals surface area contributed by atoms with Gasteiger partial charge in [-0.2, -0.15) is 13.2 Å². The Morgan fingerprint density at radius 2 is 1.80 bits per heavy atom. The maximum atomic E-state index is 13.0. The first-order chi connectivity index (χ1) is 9.36. The second-order valence-electron chi connectivity index (χ2n) is 4.06. The van der Waals surface area contributed by atoms with Crippen molar-refractivity contribution in [1.82, 2.24) is 0 Å². The van der Waals surface area contributed by atoms with Crippen LogP contribution >= 0.6 is 15.9 Å². The monoisotopic (exact) mass is 348 g/mol. The molecule has 20 heavy (non-hydrogen) atoms. The van der Waals surface area contributed by atoms with Crippen LogP contribution in [-0.4, -0.2) is 0 Å². The number of ether oxygens (including phenoxy) is 1. The van der Waals surface area contributed by atoms with Crippen LogP contribution in [0.4, 0.5) is 17.6 Å². The van der Waals surface area contributed by atoms with Gasteiger partial charge in [0.15, 0.2) is 0 Å². The molecule has 0 aliphatic rings. The fourth-order valence-corrected chi connectivity index (χ4v) is 1.98. The third-order valence-electron chi connectivity index (χ3n) is 2.55. The summed E-state index contributed by atoms with van der Waals surface area (Å²) in [5, 5.41) is 0. The van der Waals surface area contributed by atoms with E-state index in [9.17, 15) is 17.6 Å². The number of hydrogen-bond acceptors (Lipinski definition) is 1. The molecular weight excluding hydrogens is 340 g/mol. The maximum Gasteiger partial charge on any atom is 0.416 e. The molecule has 0 atom stereocenters. The van der Waals surface area contributed by atoms with Crippen LogP contribution < -0.4 is 4.74 Å². The SMILES string of the molecule is Fc1ccc(COc2cccc(C(F)(F)F)c2)cc1Br. The van der Waals surface area contributed by atoms with E-state index in [0.29, 0.717) is 5.56 Å². The summed E-state index contributed by atoms with van der Waals surface area (Å²) in [5.41, 5.74) is -0.119. The van der Waals surface area contributed by atoms with Crippen LogP contribution in [0.2, 0.25) is 0 Å². The van der Waals surface area contributed by atoms with Gasteiger partial charge in [0.1, 0.15) is 18.2 Å². The molecule has 2 rings (SSSR count). The zero-order valence-corrected chi connectivity index (χ0v) is 11.6. The van der Waals surface area contributed by atoms with Crippen molar-refractivity contribution in [3.63, 3.8) is 0 Å². The average molecular weight is 349 g/mol. The summed E-state index contributed by atoms with van der Waals surface area (Å²) in [6, 6.07) is 8.90. The summed E-state index contributed by atoms with van der Waals surface area (Å²) >= 11 is 3.03. The van der Waals surface area contributed by atoms with Crippen molar-refractivity contribution in [1.29, 1.82) is 0 Å². The van der Waals surface area contributed by atoms with Gasteiger partial charge in [0, 0.05) is 0 Å². The van der Waals surface area contributed by atoms with Gasteiger partial charge in [-0.15, -0.1) is 0 Å². The minimum Gasteiger partial charge on any atom is -0.489 e. The summed E-state index contributed by atoms with van der Waals surface area (Å²) in [7, 11) is 0. The quantitative estimate of drug-likeness (QED) is 0.694. The molecule has 106 valence electrons. The Labute approximate surface area is 121 Å². The number of halogens is 5. The van der Waals surface area contributed by atoms with Gasteiger partial charge < -0.3 is 4.74 Å². The average Bonchev–Trinajstić information content (AvgIpc) is 2.39. The van der Waals surface area contributed by atoms with Crippen LogP contribution in [0.1, 0.15) is 11.1 Å². The van der Waals surface area contributed by atoms with E-state index in [1.807, 2.05) is 0 Å². The Hall–Kier alpha value is -1.56. The Kier molecular flexibility index (Phi) is 4.32. The van der Waals surface area contributed by atoms with E-state index in [-0.39, 0.29) is 16.8 Å². The molecule has 0 N–H and O–H groups in total. The standard InChI is InChI=1S/C14H9BrF4O/c15-12-6-9(4-5-13(12)16)8-20-11-3-1-2-10(7-11)14(17,18)19/h1-7H,8H2. The van der Waals surface area contributed by atoms with Crippen LogP contribution in [0, 0.1) is 5.82 Å². The first-order valence-electron chi connectivity index (χ1n) is 5.60. The molecule has 2 aromatic rings. The van der Waals surface area contributed by atoms with E-state index >= 15 is 0 Å². The predicted molar refractivity (Wildman–Crippen MR) is 69.9 cm³/mol. The van der Waals surface area contributed by atoms with Crippen LogP contribution in [0.5, 0.6) is 5.75 Å². The topological polar surface area (TPSA) is 9.23 Å². The highest BCUT2D eigenvalue weighted by Gasteiger charge is 2.30. The molecule has 0 heterocycles. The highest BCUT2D eigenvalue weighted by molar-refractivity contribution is 9.10. The highest BCUT2D eigenvalue weighted by Crippen LogP contribution is 2.31. The first-order valence-corrected chi connectivity index (χ1v) is 6.39. The van der Waals surface area contributed by atoms with Gasteiger partial charge in [-0.1, -0.05) is 12.1 Å². The fraction of sp³-hybridized carbons (Fsp3) is 0.143. The van der Waals surface area contributed by atoms with Crippen molar-refractivity contribution >= 4 is 15.9 Å². The summed E-state index contributed by atoms with van der Waals surface area (Å²) in [5.74, 6) is -0.298. The lowest BCUT2D eigenvalue weighted by Crippen LogP contribution is -2.05. The summed E-state index contributed by atoms with van der Waals surface area (Å²) in [6.45, 7) is 0.0557. The lowest BCUT2D eigenvalue weighted by molar-refractivity contribution is -0.137. The number of hydrogen-bond donors (Lipinski definition) is 0. The summed E-state index contributed by atoms with van der Waals surface area (Å²) in [4.78, 5) is 0. The number of benzene rings is 2. The van der Waals surface area contributed by atoms with Gasteiger partial charge in [-0.05, 0) is 51.8 Å². The smallest absolute Gasteiger partial charge is 0.416 e. The molecule has 0 saturated heterocycles. The molecule has 0 spiro atoms. The molecule has 2 aromatic carbocycles. The molecule has 0 aliphatic carbocycles. The molecule has 0 aromatic heterocycles. The highest BCUT2D eigenvalue weighted by atomic mass is 79.9. The minimum absolute atomic E-state index is 0.0557. The Balaban J connectivity index is 2.09. The van der Waals surface area contributed by atoms with E-state index in [4.69, 9.17) is 4.74 Å². The van der Waals surface area contributed by atoms with Crippen molar-refractivity contribution in [3.05, 3.63) is 63.9 Å². The zero-order chi connectivity index (χ0) is 14.8. The van der Waals surface area contributed by atoms with Crippen LogP contribution in [-0.2, 0) is 12.8 Å². The molecule has 0 fully saturated rings. The molecule has 0 radical (unpaired) electrons. The Morgan fingerprint density at radius 1 is 1.05 bits per heavy atom. The van der Waals surface area contributed by atoms with Crippen LogP contribution in [0.25, 0.3) is 0 Å². The Morgan fingerprint density at radius 3 is 2.45 bits per heavy atom. The second kappa shape index (κ2) is 5.83. The molecular formula is C14H9BrF4O. The van der Waals surface area contributed by atoms with Crippen molar-refractivity contribution in [2.45, 2.75) is 12.8 Å². The van der Waals surface area contributed by atoms with Gasteiger partial charge in [-0.3, -0.25) is 0 Å². The molecule has 0 saturated carbocycles. The molecule has 1 nitrogen and oxygen atoms in total. The van der Waals surface area contributed by atoms with Crippen molar-refractivity contribution in [3.8, 4) is 5.75 Å². The first kappa shape index (κ1) is 14.8. The fourth-order valence-electron chi connectivity index (χ4n) is 1.56. The predicted octanol–water partition coefficient (Wildman–Crippen LogP) is 5.19.